The number of rotatable bonds is 3. The average Bonchev–Trinajstić information content (AvgIpc) is 2.38. The van der Waals surface area contributed by atoms with Crippen molar-refractivity contribution in [2.24, 2.45) is 0 Å². The Bertz CT molecular complexity index is 662. The largest absolute Gasteiger partial charge is 0.545 e. The van der Waals surface area contributed by atoms with Gasteiger partial charge in [0, 0.05) is 11.1 Å². The van der Waals surface area contributed by atoms with Crippen molar-refractivity contribution < 1.29 is 19.1 Å². The molecular formula is C15H10FO3-. The van der Waals surface area contributed by atoms with E-state index in [-0.39, 0.29) is 5.78 Å². The molecule has 0 spiro atoms. The SMILES string of the molecule is CC(=O)c1cccc(-c2ccc(C(=O)[O-])c(F)c2)c1. The van der Waals surface area contributed by atoms with E-state index in [4.69, 9.17) is 0 Å². The molecule has 0 radical (unpaired) electrons. The monoisotopic (exact) mass is 257 g/mol. The molecule has 0 bridgehead atoms. The van der Waals surface area contributed by atoms with Crippen molar-refractivity contribution in [3.05, 3.63) is 59.4 Å². The van der Waals surface area contributed by atoms with Crippen LogP contribution in [-0.2, 0) is 0 Å². The Kier molecular flexibility index (Phi) is 3.42. The standard InChI is InChI=1S/C15H11FO3/c1-9(17)10-3-2-4-11(7-10)12-5-6-13(15(18)19)14(16)8-12/h2-8H,1H3,(H,18,19)/p-1. The van der Waals surface area contributed by atoms with Crippen LogP contribution in [0.4, 0.5) is 4.39 Å². The summed E-state index contributed by atoms with van der Waals surface area (Å²) in [5, 5.41) is 10.6. The van der Waals surface area contributed by atoms with Crippen molar-refractivity contribution in [2.45, 2.75) is 6.92 Å². The molecule has 3 nitrogen and oxygen atoms in total. The van der Waals surface area contributed by atoms with Crippen molar-refractivity contribution in [1.82, 2.24) is 0 Å². The zero-order valence-electron chi connectivity index (χ0n) is 10.1. The molecule has 0 amide bonds. The number of aromatic carboxylic acids is 1. The lowest BCUT2D eigenvalue weighted by Crippen LogP contribution is -2.23. The summed E-state index contributed by atoms with van der Waals surface area (Å²) in [7, 11) is 0. The number of Topliss-reactive ketones (excluding diaryl/α,β-unsaturated/α-hetero) is 1. The maximum absolute atomic E-state index is 13.6. The zero-order chi connectivity index (χ0) is 14.0. The maximum Gasteiger partial charge on any atom is 0.159 e. The molecule has 0 aliphatic heterocycles. The minimum Gasteiger partial charge on any atom is -0.545 e. The summed E-state index contributed by atoms with van der Waals surface area (Å²) in [4.78, 5) is 21.9. The lowest BCUT2D eigenvalue weighted by molar-refractivity contribution is -0.255. The number of ketones is 1. The van der Waals surface area contributed by atoms with E-state index in [1.54, 1.807) is 24.3 Å². The van der Waals surface area contributed by atoms with Crippen molar-refractivity contribution in [2.75, 3.05) is 0 Å². The van der Waals surface area contributed by atoms with Gasteiger partial charge in [-0.15, -0.1) is 0 Å². The van der Waals surface area contributed by atoms with Crippen molar-refractivity contribution in [1.29, 1.82) is 0 Å². The molecular weight excluding hydrogens is 247 g/mol. The second kappa shape index (κ2) is 5.02. The molecule has 19 heavy (non-hydrogen) atoms. The van der Waals surface area contributed by atoms with Crippen LogP contribution in [0.1, 0.15) is 27.6 Å². The highest BCUT2D eigenvalue weighted by molar-refractivity contribution is 5.95. The fourth-order valence-electron chi connectivity index (χ4n) is 1.78. The number of carbonyl (C=O) groups is 2. The Labute approximate surface area is 109 Å². The van der Waals surface area contributed by atoms with E-state index in [9.17, 15) is 19.1 Å². The smallest absolute Gasteiger partial charge is 0.159 e. The van der Waals surface area contributed by atoms with Crippen LogP contribution in [0.3, 0.4) is 0 Å². The Morgan fingerprint density at radius 3 is 2.32 bits per heavy atom. The number of carbonyl (C=O) groups excluding carboxylic acids is 2. The first kappa shape index (κ1) is 13.0. The van der Waals surface area contributed by atoms with E-state index in [0.717, 1.165) is 12.1 Å². The van der Waals surface area contributed by atoms with Gasteiger partial charge < -0.3 is 9.90 Å². The van der Waals surface area contributed by atoms with Crippen LogP contribution >= 0.6 is 0 Å². The van der Waals surface area contributed by atoms with Crippen LogP contribution in [0.2, 0.25) is 0 Å². The predicted molar refractivity (Wildman–Crippen MR) is 66.2 cm³/mol. The molecule has 0 saturated carbocycles. The molecule has 0 aliphatic rings. The third-order valence-corrected chi connectivity index (χ3v) is 2.79. The molecule has 2 rings (SSSR count). The van der Waals surface area contributed by atoms with E-state index >= 15 is 0 Å². The molecule has 0 heterocycles. The first-order valence-corrected chi connectivity index (χ1v) is 5.61. The highest BCUT2D eigenvalue weighted by Gasteiger charge is 2.07. The second-order valence-corrected chi connectivity index (χ2v) is 4.12. The number of hydrogen-bond donors (Lipinski definition) is 0. The molecule has 0 saturated heterocycles. The summed E-state index contributed by atoms with van der Waals surface area (Å²) in [6.07, 6.45) is 0. The highest BCUT2D eigenvalue weighted by atomic mass is 19.1. The summed E-state index contributed by atoms with van der Waals surface area (Å²) < 4.78 is 13.6. The fourth-order valence-corrected chi connectivity index (χ4v) is 1.78. The van der Waals surface area contributed by atoms with Gasteiger partial charge in [0.15, 0.2) is 5.78 Å². The molecule has 0 unspecified atom stereocenters. The Morgan fingerprint density at radius 1 is 1.05 bits per heavy atom. The van der Waals surface area contributed by atoms with E-state index < -0.39 is 17.3 Å². The van der Waals surface area contributed by atoms with E-state index in [2.05, 4.69) is 0 Å². The highest BCUT2D eigenvalue weighted by Crippen LogP contribution is 2.23. The summed E-state index contributed by atoms with van der Waals surface area (Å²) in [5.74, 6) is -2.50. The lowest BCUT2D eigenvalue weighted by atomic mass is 10.0. The summed E-state index contributed by atoms with van der Waals surface area (Å²) in [6, 6.07) is 10.5. The molecule has 0 atom stereocenters. The molecule has 2 aromatic carbocycles. The first-order chi connectivity index (χ1) is 8.99. The Morgan fingerprint density at radius 2 is 1.74 bits per heavy atom. The lowest BCUT2D eigenvalue weighted by Gasteiger charge is -2.08. The number of halogens is 1. The number of benzene rings is 2. The Balaban J connectivity index is 2.48. The van der Waals surface area contributed by atoms with E-state index in [1.165, 1.54) is 13.0 Å². The average molecular weight is 257 g/mol. The summed E-state index contributed by atoms with van der Waals surface area (Å²) in [5.41, 5.74) is 1.19. The number of hydrogen-bond acceptors (Lipinski definition) is 3. The minimum absolute atomic E-state index is 0.0892. The topological polar surface area (TPSA) is 57.2 Å². The van der Waals surface area contributed by atoms with E-state index in [1.807, 2.05) is 0 Å². The zero-order valence-corrected chi connectivity index (χ0v) is 10.1. The molecule has 0 N–H and O–H groups in total. The number of carboxylic acids is 1. The third-order valence-electron chi connectivity index (χ3n) is 2.79. The van der Waals surface area contributed by atoms with Gasteiger partial charge in [-0.1, -0.05) is 24.3 Å². The van der Waals surface area contributed by atoms with Gasteiger partial charge in [-0.3, -0.25) is 4.79 Å². The van der Waals surface area contributed by atoms with Crippen LogP contribution in [0, 0.1) is 5.82 Å². The maximum atomic E-state index is 13.6. The van der Waals surface area contributed by atoms with Crippen molar-refractivity contribution in [3.63, 3.8) is 0 Å². The van der Waals surface area contributed by atoms with Crippen LogP contribution in [0.25, 0.3) is 11.1 Å². The van der Waals surface area contributed by atoms with Crippen LogP contribution in [0.15, 0.2) is 42.5 Å². The number of carboxylic acid groups (broad SMARTS) is 1. The van der Waals surface area contributed by atoms with Gasteiger partial charge in [-0.2, -0.15) is 0 Å². The van der Waals surface area contributed by atoms with Crippen LogP contribution < -0.4 is 5.11 Å². The third kappa shape index (κ3) is 2.68. The summed E-state index contributed by atoms with van der Waals surface area (Å²) in [6.45, 7) is 1.44. The predicted octanol–water partition coefficient (Wildman–Crippen LogP) is 2.06. The second-order valence-electron chi connectivity index (χ2n) is 4.12. The van der Waals surface area contributed by atoms with Crippen LogP contribution in [-0.4, -0.2) is 11.8 Å². The van der Waals surface area contributed by atoms with E-state index in [0.29, 0.717) is 16.7 Å². The molecule has 96 valence electrons. The van der Waals surface area contributed by atoms with Gasteiger partial charge in [0.1, 0.15) is 5.82 Å². The molecule has 0 aromatic heterocycles. The van der Waals surface area contributed by atoms with Gasteiger partial charge in [-0.05, 0) is 36.2 Å². The van der Waals surface area contributed by atoms with Crippen molar-refractivity contribution in [3.8, 4) is 11.1 Å². The van der Waals surface area contributed by atoms with Gasteiger partial charge in [-0.25, -0.2) is 4.39 Å². The van der Waals surface area contributed by atoms with Gasteiger partial charge in [0.05, 0.1) is 5.97 Å². The molecule has 0 fully saturated rings. The van der Waals surface area contributed by atoms with Gasteiger partial charge in [0.2, 0.25) is 0 Å². The first-order valence-electron chi connectivity index (χ1n) is 5.61. The minimum atomic E-state index is -1.55. The van der Waals surface area contributed by atoms with Crippen LogP contribution in [0.5, 0.6) is 0 Å². The summed E-state index contributed by atoms with van der Waals surface area (Å²) >= 11 is 0. The van der Waals surface area contributed by atoms with Gasteiger partial charge >= 0.3 is 0 Å². The quantitative estimate of drug-likeness (QED) is 0.791. The molecule has 2 aromatic rings. The normalized spacial score (nSPS) is 10.2. The Hall–Kier alpha value is -2.49. The fraction of sp³-hybridized carbons (Fsp3) is 0.0667. The van der Waals surface area contributed by atoms with Crippen molar-refractivity contribution >= 4 is 11.8 Å². The molecule has 0 aliphatic carbocycles. The van der Waals surface area contributed by atoms with Gasteiger partial charge in [0.25, 0.3) is 0 Å². The molecule has 4 heteroatoms.